The molecule has 8 nitrogen and oxygen atoms in total. The van der Waals surface area contributed by atoms with Gasteiger partial charge in [0.15, 0.2) is 17.5 Å². The van der Waals surface area contributed by atoms with Gasteiger partial charge in [-0.15, -0.1) is 0 Å². The van der Waals surface area contributed by atoms with Gasteiger partial charge in [0.1, 0.15) is 0 Å². The van der Waals surface area contributed by atoms with E-state index in [1.165, 1.54) is 16.8 Å². The molecule has 0 radical (unpaired) electrons. The SMILES string of the molecule is NC1=C(C(F)(F)F)CNN=C1.O=c1c2c(F)c(F)c(-c3ncc(C(F)(F)F)cn3)cc2ccn1CCCCCO. The van der Waals surface area contributed by atoms with Gasteiger partial charge in [0.25, 0.3) is 5.56 Å². The monoisotopic (exact) mass is 578 g/mol. The highest BCUT2D eigenvalue weighted by Crippen LogP contribution is 2.31. The van der Waals surface area contributed by atoms with Crippen LogP contribution in [0, 0.1) is 11.6 Å². The van der Waals surface area contributed by atoms with Gasteiger partial charge in [0, 0.05) is 31.7 Å². The van der Waals surface area contributed by atoms with Gasteiger partial charge in [-0.05, 0) is 36.8 Å². The van der Waals surface area contributed by atoms with E-state index >= 15 is 0 Å². The summed E-state index contributed by atoms with van der Waals surface area (Å²) in [6.45, 7) is -0.0489. The second-order valence-electron chi connectivity index (χ2n) is 8.43. The summed E-state index contributed by atoms with van der Waals surface area (Å²) in [7, 11) is 0. The summed E-state index contributed by atoms with van der Waals surface area (Å²) in [5.74, 6) is -3.24. The topological polar surface area (TPSA) is 118 Å². The fraction of sp³-hybridized carbons (Fsp3) is 0.333. The molecule has 0 saturated heterocycles. The van der Waals surface area contributed by atoms with Gasteiger partial charge in [0.2, 0.25) is 0 Å². The fourth-order valence-electron chi connectivity index (χ4n) is 3.58. The molecule has 0 amide bonds. The number of aryl methyl sites for hydroxylation is 1. The quantitative estimate of drug-likeness (QED) is 0.297. The minimum absolute atomic E-state index is 0.0290. The van der Waals surface area contributed by atoms with Crippen LogP contribution in [0.25, 0.3) is 22.2 Å². The van der Waals surface area contributed by atoms with E-state index in [1.807, 2.05) is 0 Å². The van der Waals surface area contributed by atoms with Crippen LogP contribution in [0.1, 0.15) is 24.8 Å². The van der Waals surface area contributed by atoms with Crippen molar-refractivity contribution < 1.29 is 40.2 Å². The van der Waals surface area contributed by atoms with E-state index in [-0.39, 0.29) is 30.8 Å². The first kappa shape index (κ1) is 30.5. The lowest BCUT2D eigenvalue weighted by Gasteiger charge is -2.15. The summed E-state index contributed by atoms with van der Waals surface area (Å²) in [5.41, 5.74) is 3.85. The van der Waals surface area contributed by atoms with Crippen LogP contribution in [0.4, 0.5) is 35.1 Å². The molecule has 4 rings (SSSR count). The number of hydrogen-bond acceptors (Lipinski definition) is 7. The second kappa shape index (κ2) is 12.4. The molecule has 0 atom stereocenters. The number of aliphatic hydroxyl groups is 1. The van der Waals surface area contributed by atoms with Crippen molar-refractivity contribution in [3.63, 3.8) is 0 Å². The molecular formula is C24H22F8N6O2. The Morgan fingerprint density at radius 2 is 1.68 bits per heavy atom. The van der Waals surface area contributed by atoms with Crippen molar-refractivity contribution >= 4 is 17.0 Å². The van der Waals surface area contributed by atoms with E-state index in [1.54, 1.807) is 0 Å². The number of fused-ring (bicyclic) bond motifs is 1. The molecular weight excluding hydrogens is 556 g/mol. The van der Waals surface area contributed by atoms with Crippen molar-refractivity contribution in [2.75, 3.05) is 13.2 Å². The van der Waals surface area contributed by atoms with Crippen LogP contribution in [-0.4, -0.2) is 45.2 Å². The molecule has 4 N–H and O–H groups in total. The van der Waals surface area contributed by atoms with E-state index in [2.05, 4.69) is 20.5 Å². The molecule has 16 heteroatoms. The first-order chi connectivity index (χ1) is 18.8. The Bertz CT molecular complexity index is 1460. The van der Waals surface area contributed by atoms with Crippen molar-refractivity contribution in [1.82, 2.24) is 20.0 Å². The lowest BCUT2D eigenvalue weighted by atomic mass is 10.1. The van der Waals surface area contributed by atoms with Crippen molar-refractivity contribution in [1.29, 1.82) is 0 Å². The first-order valence-corrected chi connectivity index (χ1v) is 11.6. The molecule has 40 heavy (non-hydrogen) atoms. The Morgan fingerprint density at radius 1 is 1.00 bits per heavy atom. The highest BCUT2D eigenvalue weighted by Gasteiger charge is 2.36. The summed E-state index contributed by atoms with van der Waals surface area (Å²) < 4.78 is 104. The number of unbranched alkanes of at least 4 members (excludes halogenated alkanes) is 2. The minimum Gasteiger partial charge on any atom is -0.397 e. The molecule has 3 heterocycles. The van der Waals surface area contributed by atoms with Crippen LogP contribution in [0.5, 0.6) is 0 Å². The molecule has 216 valence electrons. The zero-order valence-corrected chi connectivity index (χ0v) is 20.5. The third-order valence-electron chi connectivity index (χ3n) is 5.66. The average molecular weight is 578 g/mol. The molecule has 0 saturated carbocycles. The van der Waals surface area contributed by atoms with Gasteiger partial charge in [-0.1, -0.05) is 0 Å². The number of rotatable bonds is 6. The van der Waals surface area contributed by atoms with E-state index in [0.29, 0.717) is 31.7 Å². The third kappa shape index (κ3) is 7.11. The number of alkyl halides is 6. The molecule has 0 fully saturated rings. The number of nitrogens with two attached hydrogens (primary N) is 1. The number of benzene rings is 1. The summed E-state index contributed by atoms with van der Waals surface area (Å²) in [6, 6.07) is 2.55. The summed E-state index contributed by atoms with van der Waals surface area (Å²) in [6.07, 6.45) is -3.86. The van der Waals surface area contributed by atoms with Crippen LogP contribution in [0.15, 0.2) is 51.9 Å². The second-order valence-corrected chi connectivity index (χ2v) is 8.43. The van der Waals surface area contributed by atoms with Gasteiger partial charge in [-0.3, -0.25) is 4.79 Å². The van der Waals surface area contributed by atoms with Crippen molar-refractivity contribution in [3.05, 3.63) is 69.5 Å². The van der Waals surface area contributed by atoms with Gasteiger partial charge in [-0.2, -0.15) is 31.4 Å². The highest BCUT2D eigenvalue weighted by molar-refractivity contribution is 5.86. The Kier molecular flexibility index (Phi) is 9.44. The number of allylic oxidation sites excluding steroid dienone is 1. The maximum atomic E-state index is 14.6. The molecule has 2 aromatic heterocycles. The lowest BCUT2D eigenvalue weighted by Crippen LogP contribution is -2.30. The number of halogens is 8. The molecule has 1 aliphatic rings. The summed E-state index contributed by atoms with van der Waals surface area (Å²) in [4.78, 5) is 19.5. The molecule has 3 aromatic rings. The Balaban J connectivity index is 0.000000336. The van der Waals surface area contributed by atoms with Crippen molar-refractivity contribution in [2.24, 2.45) is 10.8 Å². The largest absolute Gasteiger partial charge is 0.419 e. The maximum absolute atomic E-state index is 14.6. The number of nitrogens with one attached hydrogen (secondary N) is 1. The average Bonchev–Trinajstić information content (AvgIpc) is 2.89. The number of nitrogens with zero attached hydrogens (tertiary/aromatic N) is 4. The maximum Gasteiger partial charge on any atom is 0.419 e. The number of aromatic nitrogens is 3. The zero-order chi connectivity index (χ0) is 29.7. The number of hydrogen-bond donors (Lipinski definition) is 3. The van der Waals surface area contributed by atoms with E-state index in [4.69, 9.17) is 10.8 Å². The van der Waals surface area contributed by atoms with Crippen molar-refractivity contribution in [2.45, 2.75) is 38.2 Å². The summed E-state index contributed by atoms with van der Waals surface area (Å²) in [5, 5.41) is 11.8. The predicted molar refractivity (Wildman–Crippen MR) is 129 cm³/mol. The van der Waals surface area contributed by atoms with Crippen LogP contribution in [0.2, 0.25) is 0 Å². The molecule has 0 spiro atoms. The first-order valence-electron chi connectivity index (χ1n) is 11.6. The standard InChI is InChI=1S/C19H16F5N3O2.C5H6F3N3/c20-15-13(17-25-9-12(10-26-17)19(22,23)24)8-11-4-6-27(5-2-1-3-7-28)18(29)14(11)16(15)21;6-5(7,8)3-1-10-11-2-4(3)9/h4,6,8-10,28H,1-3,5,7H2;2,10H,1,9H2. The molecule has 1 aliphatic heterocycles. The van der Waals surface area contributed by atoms with Crippen molar-refractivity contribution in [3.8, 4) is 11.4 Å². The molecule has 0 bridgehead atoms. The van der Waals surface area contributed by atoms with Crippen LogP contribution < -0.4 is 16.7 Å². The Morgan fingerprint density at radius 3 is 2.23 bits per heavy atom. The zero-order valence-electron chi connectivity index (χ0n) is 20.5. The molecule has 1 aromatic carbocycles. The van der Waals surface area contributed by atoms with Crippen LogP contribution >= 0.6 is 0 Å². The fourth-order valence-corrected chi connectivity index (χ4v) is 3.58. The lowest BCUT2D eigenvalue weighted by molar-refractivity contribution is -0.138. The Hall–Kier alpha value is -4.08. The number of hydrazone groups is 1. The molecule has 0 aliphatic carbocycles. The minimum atomic E-state index is -4.66. The van der Waals surface area contributed by atoms with Gasteiger partial charge >= 0.3 is 12.4 Å². The van der Waals surface area contributed by atoms with E-state index < -0.39 is 57.5 Å². The normalized spacial score (nSPS) is 13.7. The van der Waals surface area contributed by atoms with E-state index in [9.17, 15) is 39.9 Å². The predicted octanol–water partition coefficient (Wildman–Crippen LogP) is 4.27. The Labute approximate surface area is 220 Å². The van der Waals surface area contributed by atoms with Gasteiger partial charge in [-0.25, -0.2) is 18.7 Å². The highest BCUT2D eigenvalue weighted by atomic mass is 19.4. The van der Waals surface area contributed by atoms with Crippen LogP contribution in [-0.2, 0) is 12.7 Å². The van der Waals surface area contributed by atoms with Gasteiger partial charge in [0.05, 0.1) is 40.5 Å². The third-order valence-corrected chi connectivity index (χ3v) is 5.66. The summed E-state index contributed by atoms with van der Waals surface area (Å²) >= 11 is 0. The van der Waals surface area contributed by atoms with Crippen LogP contribution in [0.3, 0.4) is 0 Å². The number of pyridine rings is 1. The van der Waals surface area contributed by atoms with E-state index in [0.717, 1.165) is 12.3 Å². The smallest absolute Gasteiger partial charge is 0.397 e. The number of aliphatic hydroxyl groups excluding tert-OH is 1. The van der Waals surface area contributed by atoms with Gasteiger partial charge < -0.3 is 20.8 Å². The molecule has 0 unspecified atom stereocenters.